The van der Waals surface area contributed by atoms with Gasteiger partial charge in [-0.05, 0) is 37.6 Å². The molecule has 1 aliphatic heterocycles. The lowest BCUT2D eigenvalue weighted by molar-refractivity contribution is -0.122. The van der Waals surface area contributed by atoms with Gasteiger partial charge in [-0.15, -0.1) is 0 Å². The number of rotatable bonds is 6. The molecule has 1 aromatic heterocycles. The lowest BCUT2D eigenvalue weighted by Crippen LogP contribution is -2.36. The highest BCUT2D eigenvalue weighted by Gasteiger charge is 2.30. The normalized spacial score (nSPS) is 15.5. The Bertz CT molecular complexity index is 1320. The highest BCUT2D eigenvalue weighted by molar-refractivity contribution is 7.89. The van der Waals surface area contributed by atoms with E-state index in [2.05, 4.69) is 15.8 Å². The van der Waals surface area contributed by atoms with E-state index in [1.807, 2.05) is 0 Å². The minimum Gasteiger partial charge on any atom is -0.479 e. The minimum atomic E-state index is -4.01. The molecule has 0 fully saturated rings. The second-order valence-electron chi connectivity index (χ2n) is 7.63. The van der Waals surface area contributed by atoms with E-state index < -0.39 is 28.6 Å². The number of benzene rings is 2. The highest BCUT2D eigenvalue weighted by atomic mass is 32.2. The maximum atomic E-state index is 13.2. The standard InChI is InChI=1S/C22H22N4O6S/c1-13-9-17-19(31-14(2)22(28)25-17)11-20(13)33(29,30)26(3)12-21(27)24-16-6-4-5-15(10-16)18-7-8-23-32-18/h4-11,14H,12H2,1-3H3,(H,24,27)(H,25,28)/t14-/m0/s1. The largest absolute Gasteiger partial charge is 0.479 e. The molecule has 172 valence electrons. The first-order chi connectivity index (χ1) is 15.6. The van der Waals surface area contributed by atoms with Crippen molar-refractivity contribution >= 4 is 33.2 Å². The molecule has 0 spiro atoms. The van der Waals surface area contributed by atoms with Gasteiger partial charge in [-0.1, -0.05) is 17.3 Å². The average Bonchev–Trinajstić information content (AvgIpc) is 3.29. The Morgan fingerprint density at radius 1 is 1.24 bits per heavy atom. The number of hydrogen-bond donors (Lipinski definition) is 2. The first-order valence-electron chi connectivity index (χ1n) is 10.0. The second-order valence-corrected chi connectivity index (χ2v) is 9.64. The van der Waals surface area contributed by atoms with Gasteiger partial charge in [0.2, 0.25) is 15.9 Å². The molecule has 10 nitrogen and oxygen atoms in total. The van der Waals surface area contributed by atoms with Crippen LogP contribution in [0, 0.1) is 6.92 Å². The summed E-state index contributed by atoms with van der Waals surface area (Å²) in [7, 11) is -2.69. The molecule has 0 saturated carbocycles. The minimum absolute atomic E-state index is 0.00721. The summed E-state index contributed by atoms with van der Waals surface area (Å²) >= 11 is 0. The zero-order valence-electron chi connectivity index (χ0n) is 18.2. The fourth-order valence-corrected chi connectivity index (χ4v) is 4.74. The number of carbonyl (C=O) groups is 2. The molecule has 2 heterocycles. The quantitative estimate of drug-likeness (QED) is 0.566. The fourth-order valence-electron chi connectivity index (χ4n) is 3.39. The van der Waals surface area contributed by atoms with Crippen LogP contribution in [0.5, 0.6) is 5.75 Å². The molecule has 11 heteroatoms. The number of carbonyl (C=O) groups excluding carboxylic acids is 2. The van der Waals surface area contributed by atoms with Crippen molar-refractivity contribution in [2.24, 2.45) is 0 Å². The summed E-state index contributed by atoms with van der Waals surface area (Å²) in [5.41, 5.74) is 2.03. The molecule has 0 saturated heterocycles. The molecule has 33 heavy (non-hydrogen) atoms. The van der Waals surface area contributed by atoms with Crippen molar-refractivity contribution in [2.45, 2.75) is 24.8 Å². The number of ether oxygens (including phenoxy) is 1. The van der Waals surface area contributed by atoms with Crippen LogP contribution in [0.4, 0.5) is 11.4 Å². The summed E-state index contributed by atoms with van der Waals surface area (Å²) in [6.45, 7) is 2.78. The van der Waals surface area contributed by atoms with Crippen LogP contribution in [0.15, 0.2) is 58.1 Å². The zero-order valence-corrected chi connectivity index (χ0v) is 19.0. The van der Waals surface area contributed by atoms with Crippen molar-refractivity contribution in [1.82, 2.24) is 9.46 Å². The number of aromatic nitrogens is 1. The molecule has 2 N–H and O–H groups in total. The van der Waals surface area contributed by atoms with Gasteiger partial charge < -0.3 is 19.9 Å². The summed E-state index contributed by atoms with van der Waals surface area (Å²) in [5.74, 6) is -0.0167. The van der Waals surface area contributed by atoms with Gasteiger partial charge in [-0.25, -0.2) is 8.42 Å². The van der Waals surface area contributed by atoms with E-state index in [1.165, 1.54) is 25.4 Å². The topological polar surface area (TPSA) is 131 Å². The van der Waals surface area contributed by atoms with Crippen LogP contribution in [0.2, 0.25) is 0 Å². The monoisotopic (exact) mass is 470 g/mol. The van der Waals surface area contributed by atoms with Crippen molar-refractivity contribution in [2.75, 3.05) is 24.2 Å². The van der Waals surface area contributed by atoms with Crippen LogP contribution in [0.3, 0.4) is 0 Å². The van der Waals surface area contributed by atoms with Crippen molar-refractivity contribution in [3.05, 3.63) is 54.2 Å². The number of fused-ring (bicyclic) bond motifs is 1. The molecule has 1 atom stereocenters. The molecule has 1 aliphatic rings. The number of nitrogens with one attached hydrogen (secondary N) is 2. The first kappa shape index (κ1) is 22.5. The van der Waals surface area contributed by atoms with Gasteiger partial charge in [0, 0.05) is 30.4 Å². The summed E-state index contributed by atoms with van der Waals surface area (Å²) in [6, 6.07) is 11.5. The number of hydrogen-bond acceptors (Lipinski definition) is 7. The zero-order chi connectivity index (χ0) is 23.8. The number of nitrogens with zero attached hydrogens (tertiary/aromatic N) is 2. The van der Waals surface area contributed by atoms with E-state index in [4.69, 9.17) is 9.26 Å². The van der Waals surface area contributed by atoms with E-state index in [1.54, 1.807) is 44.2 Å². The highest BCUT2D eigenvalue weighted by Crippen LogP contribution is 2.35. The van der Waals surface area contributed by atoms with Gasteiger partial charge in [0.15, 0.2) is 11.9 Å². The van der Waals surface area contributed by atoms with E-state index in [9.17, 15) is 18.0 Å². The first-order valence-corrected chi connectivity index (χ1v) is 11.5. The Hall–Kier alpha value is -3.70. The van der Waals surface area contributed by atoms with E-state index in [0.29, 0.717) is 22.7 Å². The van der Waals surface area contributed by atoms with Crippen LogP contribution in [-0.2, 0) is 19.6 Å². The number of aryl methyl sites for hydroxylation is 1. The Balaban J connectivity index is 1.50. The van der Waals surface area contributed by atoms with Crippen LogP contribution < -0.4 is 15.4 Å². The summed E-state index contributed by atoms with van der Waals surface area (Å²) in [4.78, 5) is 24.4. The lowest BCUT2D eigenvalue weighted by Gasteiger charge is -2.25. The van der Waals surface area contributed by atoms with Gasteiger partial charge >= 0.3 is 0 Å². The number of likely N-dealkylation sites (N-methyl/N-ethyl adjacent to an activating group) is 1. The smallest absolute Gasteiger partial charge is 0.265 e. The van der Waals surface area contributed by atoms with Gasteiger partial charge in [-0.2, -0.15) is 4.31 Å². The maximum Gasteiger partial charge on any atom is 0.265 e. The molecule has 0 bridgehead atoms. The Morgan fingerprint density at radius 3 is 2.76 bits per heavy atom. The van der Waals surface area contributed by atoms with Crippen molar-refractivity contribution < 1.29 is 27.3 Å². The third kappa shape index (κ3) is 4.59. The molecule has 0 aliphatic carbocycles. The fraction of sp³-hybridized carbons (Fsp3) is 0.227. The molecular formula is C22H22N4O6S. The van der Waals surface area contributed by atoms with Gasteiger partial charge in [0.05, 0.1) is 23.3 Å². The van der Waals surface area contributed by atoms with E-state index >= 15 is 0 Å². The third-order valence-electron chi connectivity index (χ3n) is 5.13. The summed E-state index contributed by atoms with van der Waals surface area (Å²) in [5, 5.41) is 9.04. The van der Waals surface area contributed by atoms with Crippen LogP contribution in [-0.4, -0.2) is 49.4 Å². The molecule has 2 amide bonds. The van der Waals surface area contributed by atoms with E-state index in [0.717, 1.165) is 9.87 Å². The SMILES string of the molecule is Cc1cc2c(cc1S(=O)(=O)N(C)CC(=O)Nc1cccc(-c3ccno3)c1)O[C@@H](C)C(=O)N2. The Labute approximate surface area is 190 Å². The number of amides is 2. The van der Waals surface area contributed by atoms with Crippen LogP contribution in [0.25, 0.3) is 11.3 Å². The van der Waals surface area contributed by atoms with Crippen molar-refractivity contribution in [3.63, 3.8) is 0 Å². The molecule has 2 aromatic carbocycles. The van der Waals surface area contributed by atoms with Crippen molar-refractivity contribution in [3.8, 4) is 17.1 Å². The van der Waals surface area contributed by atoms with Crippen molar-refractivity contribution in [1.29, 1.82) is 0 Å². The predicted octanol–water partition coefficient (Wildman–Crippen LogP) is 2.63. The maximum absolute atomic E-state index is 13.2. The third-order valence-corrected chi connectivity index (χ3v) is 7.08. The summed E-state index contributed by atoms with van der Waals surface area (Å²) < 4.78 is 37.9. The van der Waals surface area contributed by atoms with Crippen LogP contribution in [0.1, 0.15) is 12.5 Å². The molecule has 3 aromatic rings. The van der Waals surface area contributed by atoms with E-state index in [-0.39, 0.29) is 16.6 Å². The second kappa shape index (κ2) is 8.68. The Morgan fingerprint density at radius 2 is 2.03 bits per heavy atom. The van der Waals surface area contributed by atoms with Gasteiger partial charge in [0.25, 0.3) is 5.91 Å². The van der Waals surface area contributed by atoms with Crippen LogP contribution >= 0.6 is 0 Å². The van der Waals surface area contributed by atoms with Gasteiger partial charge in [-0.3, -0.25) is 9.59 Å². The predicted molar refractivity (Wildman–Crippen MR) is 120 cm³/mol. The van der Waals surface area contributed by atoms with Gasteiger partial charge in [0.1, 0.15) is 5.75 Å². The molecule has 0 radical (unpaired) electrons. The number of anilines is 2. The molecular weight excluding hydrogens is 448 g/mol. The summed E-state index contributed by atoms with van der Waals surface area (Å²) in [6.07, 6.45) is 0.773. The number of sulfonamides is 1. The lowest BCUT2D eigenvalue weighted by atomic mass is 10.1. The Kier molecular flexibility index (Phi) is 5.91. The molecule has 4 rings (SSSR count). The molecule has 0 unspecified atom stereocenters. The average molecular weight is 471 g/mol.